The monoisotopic (exact) mass is 400 g/mol. The van der Waals surface area contributed by atoms with Crippen LogP contribution in [0.15, 0.2) is 42.6 Å². The topological polar surface area (TPSA) is 78.9 Å². The Morgan fingerprint density at radius 2 is 1.97 bits per heavy atom. The number of anilines is 1. The second-order valence-corrected chi connectivity index (χ2v) is 6.13. The van der Waals surface area contributed by atoms with Gasteiger partial charge in [-0.1, -0.05) is 19.4 Å². The van der Waals surface area contributed by atoms with Gasteiger partial charge < -0.3 is 24.3 Å². The third-order valence-corrected chi connectivity index (χ3v) is 3.93. The molecule has 1 N–H and O–H groups in total. The van der Waals surface area contributed by atoms with Crippen LogP contribution in [0.25, 0.3) is 6.08 Å². The molecule has 2 rings (SSSR count). The summed E-state index contributed by atoms with van der Waals surface area (Å²) in [5.74, 6) is 1.37. The minimum Gasteiger partial charge on any atom is -0.493 e. The average molecular weight is 400 g/mol. The van der Waals surface area contributed by atoms with E-state index in [0.29, 0.717) is 42.9 Å². The van der Waals surface area contributed by atoms with E-state index < -0.39 is 0 Å². The highest BCUT2D eigenvalue weighted by atomic mass is 16.5. The fourth-order valence-corrected chi connectivity index (χ4v) is 2.40. The number of aromatic nitrogens is 1. The van der Waals surface area contributed by atoms with E-state index >= 15 is 0 Å². The second kappa shape index (κ2) is 12.4. The van der Waals surface area contributed by atoms with Crippen molar-refractivity contribution in [2.45, 2.75) is 19.8 Å². The molecule has 0 saturated carbocycles. The van der Waals surface area contributed by atoms with Gasteiger partial charge in [0.05, 0.1) is 20.3 Å². The van der Waals surface area contributed by atoms with Gasteiger partial charge in [0.25, 0.3) is 0 Å². The Balaban J connectivity index is 2.00. The van der Waals surface area contributed by atoms with Crippen LogP contribution in [0.1, 0.15) is 25.3 Å². The Kier molecular flexibility index (Phi) is 9.51. The summed E-state index contributed by atoms with van der Waals surface area (Å²) in [6, 6.07) is 9.00. The standard InChI is InChI=1S/C22H28N2O5/c1-4-5-13-28-19-10-8-17(16-20(19)27-3)9-11-21(25)24-18-7-6-12-23-22(18)29-15-14-26-2/h6-12,16H,4-5,13-15H2,1-3H3,(H,24,25)/b11-9+. The maximum absolute atomic E-state index is 12.3. The van der Waals surface area contributed by atoms with Crippen molar-refractivity contribution in [1.29, 1.82) is 0 Å². The summed E-state index contributed by atoms with van der Waals surface area (Å²) < 4.78 is 21.6. The quantitative estimate of drug-likeness (QED) is 0.429. The smallest absolute Gasteiger partial charge is 0.248 e. The highest BCUT2D eigenvalue weighted by Gasteiger charge is 2.08. The van der Waals surface area contributed by atoms with E-state index in [9.17, 15) is 4.79 Å². The van der Waals surface area contributed by atoms with Crippen LogP contribution in [-0.2, 0) is 9.53 Å². The first-order chi connectivity index (χ1) is 14.2. The summed E-state index contributed by atoms with van der Waals surface area (Å²) >= 11 is 0. The third-order valence-electron chi connectivity index (χ3n) is 3.93. The Morgan fingerprint density at radius 1 is 1.10 bits per heavy atom. The van der Waals surface area contributed by atoms with Gasteiger partial charge in [0, 0.05) is 19.4 Å². The summed E-state index contributed by atoms with van der Waals surface area (Å²) in [4.78, 5) is 16.4. The summed E-state index contributed by atoms with van der Waals surface area (Å²) in [5, 5.41) is 2.77. The fraction of sp³-hybridized carbons (Fsp3) is 0.364. The van der Waals surface area contributed by atoms with Crippen molar-refractivity contribution in [2.75, 3.05) is 39.4 Å². The van der Waals surface area contributed by atoms with Gasteiger partial charge in [-0.2, -0.15) is 0 Å². The molecule has 0 saturated heterocycles. The lowest BCUT2D eigenvalue weighted by molar-refractivity contribution is -0.111. The molecule has 7 heteroatoms. The van der Waals surface area contributed by atoms with Crippen molar-refractivity contribution in [2.24, 2.45) is 0 Å². The Morgan fingerprint density at radius 3 is 2.72 bits per heavy atom. The molecule has 0 radical (unpaired) electrons. The number of nitrogens with zero attached hydrogens (tertiary/aromatic N) is 1. The zero-order valence-corrected chi connectivity index (χ0v) is 17.1. The largest absolute Gasteiger partial charge is 0.493 e. The molecule has 0 spiro atoms. The highest BCUT2D eigenvalue weighted by Crippen LogP contribution is 2.29. The Labute approximate surface area is 171 Å². The molecule has 0 bridgehead atoms. The van der Waals surface area contributed by atoms with Crippen molar-refractivity contribution in [3.05, 3.63) is 48.2 Å². The van der Waals surface area contributed by atoms with E-state index in [1.807, 2.05) is 18.2 Å². The molecule has 0 aliphatic rings. The Hall–Kier alpha value is -3.06. The first-order valence-electron chi connectivity index (χ1n) is 9.54. The minimum atomic E-state index is -0.295. The van der Waals surface area contributed by atoms with E-state index in [0.717, 1.165) is 18.4 Å². The van der Waals surface area contributed by atoms with Crippen molar-refractivity contribution >= 4 is 17.7 Å². The van der Waals surface area contributed by atoms with Crippen molar-refractivity contribution < 1.29 is 23.7 Å². The number of nitrogens with one attached hydrogen (secondary N) is 1. The van der Waals surface area contributed by atoms with Crippen LogP contribution in [0, 0.1) is 0 Å². The molecule has 1 aromatic carbocycles. The first kappa shape index (κ1) is 22.2. The van der Waals surface area contributed by atoms with E-state index in [2.05, 4.69) is 17.2 Å². The number of hydrogen-bond donors (Lipinski definition) is 1. The molecule has 1 amide bonds. The van der Waals surface area contributed by atoms with Crippen LogP contribution < -0.4 is 19.5 Å². The van der Waals surface area contributed by atoms with E-state index in [-0.39, 0.29) is 5.91 Å². The number of methoxy groups -OCH3 is 2. The predicted molar refractivity (Wildman–Crippen MR) is 113 cm³/mol. The van der Waals surface area contributed by atoms with Gasteiger partial charge in [-0.25, -0.2) is 4.98 Å². The van der Waals surface area contributed by atoms with Crippen LogP contribution in [0.4, 0.5) is 5.69 Å². The lowest BCUT2D eigenvalue weighted by atomic mass is 10.2. The van der Waals surface area contributed by atoms with Gasteiger partial charge in [-0.3, -0.25) is 4.79 Å². The van der Waals surface area contributed by atoms with Gasteiger partial charge in [0.1, 0.15) is 12.3 Å². The number of ether oxygens (including phenoxy) is 4. The normalized spacial score (nSPS) is 10.7. The van der Waals surface area contributed by atoms with Crippen LogP contribution >= 0.6 is 0 Å². The number of hydrogen-bond acceptors (Lipinski definition) is 6. The molecular formula is C22H28N2O5. The number of carbonyl (C=O) groups excluding carboxylic acids is 1. The van der Waals surface area contributed by atoms with Gasteiger partial charge in [0.2, 0.25) is 11.8 Å². The summed E-state index contributed by atoms with van der Waals surface area (Å²) in [5.41, 5.74) is 1.32. The summed E-state index contributed by atoms with van der Waals surface area (Å²) in [6.07, 6.45) is 6.79. The molecule has 0 aliphatic heterocycles. The predicted octanol–water partition coefficient (Wildman–Crippen LogP) is 3.95. The van der Waals surface area contributed by atoms with Crippen LogP contribution in [0.5, 0.6) is 17.4 Å². The molecule has 0 unspecified atom stereocenters. The molecule has 0 aliphatic carbocycles. The molecule has 2 aromatic rings. The van der Waals surface area contributed by atoms with Crippen LogP contribution in [0.2, 0.25) is 0 Å². The van der Waals surface area contributed by atoms with Gasteiger partial charge in [-0.15, -0.1) is 0 Å². The van der Waals surface area contributed by atoms with Crippen LogP contribution in [-0.4, -0.2) is 44.9 Å². The molecule has 0 fully saturated rings. The van der Waals surface area contributed by atoms with Gasteiger partial charge >= 0.3 is 0 Å². The van der Waals surface area contributed by atoms with E-state index in [1.54, 1.807) is 38.6 Å². The number of rotatable bonds is 12. The zero-order chi connectivity index (χ0) is 20.9. The molecule has 29 heavy (non-hydrogen) atoms. The van der Waals surface area contributed by atoms with Crippen molar-refractivity contribution in [3.8, 4) is 17.4 Å². The van der Waals surface area contributed by atoms with Gasteiger partial charge in [0.15, 0.2) is 11.5 Å². The van der Waals surface area contributed by atoms with Crippen molar-refractivity contribution in [1.82, 2.24) is 4.98 Å². The molecule has 156 valence electrons. The number of unbranched alkanes of at least 4 members (excludes halogenated alkanes) is 1. The Bertz CT molecular complexity index is 808. The first-order valence-corrected chi connectivity index (χ1v) is 9.54. The average Bonchev–Trinajstić information content (AvgIpc) is 2.74. The lowest BCUT2D eigenvalue weighted by Crippen LogP contribution is -2.12. The number of amides is 1. The zero-order valence-electron chi connectivity index (χ0n) is 17.1. The maximum Gasteiger partial charge on any atom is 0.248 e. The molecule has 0 atom stereocenters. The minimum absolute atomic E-state index is 0.295. The summed E-state index contributed by atoms with van der Waals surface area (Å²) in [6.45, 7) is 3.53. The van der Waals surface area contributed by atoms with Crippen LogP contribution in [0.3, 0.4) is 0 Å². The van der Waals surface area contributed by atoms with E-state index in [1.165, 1.54) is 6.08 Å². The van der Waals surface area contributed by atoms with Crippen molar-refractivity contribution in [3.63, 3.8) is 0 Å². The molecule has 7 nitrogen and oxygen atoms in total. The number of carbonyl (C=O) groups is 1. The molecule has 1 heterocycles. The van der Waals surface area contributed by atoms with Gasteiger partial charge in [-0.05, 0) is 42.3 Å². The molecule has 1 aromatic heterocycles. The highest BCUT2D eigenvalue weighted by molar-refractivity contribution is 6.02. The second-order valence-electron chi connectivity index (χ2n) is 6.13. The van der Waals surface area contributed by atoms with E-state index in [4.69, 9.17) is 18.9 Å². The number of pyridine rings is 1. The third kappa shape index (κ3) is 7.46. The summed E-state index contributed by atoms with van der Waals surface area (Å²) in [7, 11) is 3.18. The SMILES string of the molecule is CCCCOc1ccc(/C=C/C(=O)Nc2cccnc2OCCOC)cc1OC. The molecular weight excluding hydrogens is 372 g/mol. The number of benzene rings is 1. The fourth-order valence-electron chi connectivity index (χ4n) is 2.40. The lowest BCUT2D eigenvalue weighted by Gasteiger charge is -2.11. The maximum atomic E-state index is 12.3.